The summed E-state index contributed by atoms with van der Waals surface area (Å²) in [7, 11) is 6.99. The van der Waals surface area contributed by atoms with E-state index in [1.807, 2.05) is 6.92 Å². The smallest absolute Gasteiger partial charge is 0.222 e. The Morgan fingerprint density at radius 1 is 1.67 bits per heavy atom. The molecule has 0 spiro atoms. The average Bonchev–Trinajstić information content (AvgIpc) is 1.87. The van der Waals surface area contributed by atoms with E-state index in [-0.39, 0.29) is 5.91 Å². The van der Waals surface area contributed by atoms with E-state index in [0.29, 0.717) is 19.3 Å². The molecule has 2 nitrogen and oxygen atoms in total. The van der Waals surface area contributed by atoms with Crippen molar-refractivity contribution in [1.82, 2.24) is 4.90 Å². The van der Waals surface area contributed by atoms with Gasteiger partial charge in [-0.25, -0.2) is 0 Å². The van der Waals surface area contributed by atoms with Crippen LogP contribution in [0, 0.1) is 0 Å². The molecular formula is C6H12BNO. The number of hydrogen-bond acceptors (Lipinski definition) is 1. The van der Waals surface area contributed by atoms with Crippen molar-refractivity contribution in [3.05, 3.63) is 0 Å². The molecule has 0 aromatic carbocycles. The molecule has 1 amide bonds. The van der Waals surface area contributed by atoms with Crippen molar-refractivity contribution in [3.63, 3.8) is 0 Å². The Balaban J connectivity index is 3.45. The Morgan fingerprint density at radius 2 is 2.22 bits per heavy atom. The van der Waals surface area contributed by atoms with Gasteiger partial charge in [0.2, 0.25) is 5.91 Å². The van der Waals surface area contributed by atoms with Crippen molar-refractivity contribution in [2.75, 3.05) is 13.6 Å². The molecule has 9 heavy (non-hydrogen) atoms. The van der Waals surface area contributed by atoms with E-state index in [0.717, 1.165) is 0 Å². The van der Waals surface area contributed by atoms with Crippen LogP contribution in [0.1, 0.15) is 13.3 Å². The number of nitrogens with zero attached hydrogens (tertiary/aromatic N) is 1. The van der Waals surface area contributed by atoms with Gasteiger partial charge in [0.15, 0.2) is 0 Å². The number of carbonyl (C=O) groups is 1. The predicted molar refractivity (Wildman–Crippen MR) is 38.5 cm³/mol. The number of amides is 1. The van der Waals surface area contributed by atoms with Gasteiger partial charge in [-0.2, -0.15) is 0 Å². The van der Waals surface area contributed by atoms with E-state index in [2.05, 4.69) is 0 Å². The second-order valence-electron chi connectivity index (χ2n) is 1.96. The maximum atomic E-state index is 10.8. The van der Waals surface area contributed by atoms with Gasteiger partial charge in [-0.3, -0.25) is 4.79 Å². The molecule has 0 heterocycles. The maximum Gasteiger partial charge on any atom is 0.222 e. The molecule has 0 fully saturated rings. The normalized spacial score (nSPS) is 9.11. The van der Waals surface area contributed by atoms with Crippen LogP contribution in [0.3, 0.4) is 0 Å². The second-order valence-corrected chi connectivity index (χ2v) is 1.96. The highest BCUT2D eigenvalue weighted by molar-refractivity contribution is 6.08. The van der Waals surface area contributed by atoms with Gasteiger partial charge < -0.3 is 4.90 Å². The Labute approximate surface area is 57.6 Å². The van der Waals surface area contributed by atoms with Gasteiger partial charge in [0.1, 0.15) is 0 Å². The lowest BCUT2D eigenvalue weighted by atomic mass is 10.1. The molecule has 0 aromatic heterocycles. The standard InChI is InChI=1S/C6H12BNO/c1-3-6(9)8(2)5-4-7/h3-5H2,1-2H3. The van der Waals surface area contributed by atoms with Crippen LogP contribution in [0.15, 0.2) is 0 Å². The first-order valence-electron chi connectivity index (χ1n) is 3.16. The summed E-state index contributed by atoms with van der Waals surface area (Å²) in [6.45, 7) is 2.50. The fourth-order valence-corrected chi connectivity index (χ4v) is 0.588. The van der Waals surface area contributed by atoms with Crippen molar-refractivity contribution >= 4 is 13.8 Å². The minimum absolute atomic E-state index is 0.153. The third kappa shape index (κ3) is 3.17. The number of hydrogen-bond donors (Lipinski definition) is 0. The molecule has 0 unspecified atom stereocenters. The molecule has 0 saturated heterocycles. The summed E-state index contributed by atoms with van der Waals surface area (Å²) in [6.07, 6.45) is 1.11. The van der Waals surface area contributed by atoms with Crippen LogP contribution < -0.4 is 0 Å². The predicted octanol–water partition coefficient (Wildman–Crippen LogP) is 0.442. The summed E-state index contributed by atoms with van der Waals surface area (Å²) in [4.78, 5) is 12.4. The summed E-state index contributed by atoms with van der Waals surface area (Å²) in [5, 5.41) is 0. The highest BCUT2D eigenvalue weighted by Gasteiger charge is 2.01. The molecule has 0 bridgehead atoms. The molecule has 0 aromatic rings. The highest BCUT2D eigenvalue weighted by Crippen LogP contribution is 1.89. The first-order chi connectivity index (χ1) is 4.22. The van der Waals surface area contributed by atoms with Crippen LogP contribution >= 0.6 is 0 Å². The van der Waals surface area contributed by atoms with Crippen LogP contribution in [0.4, 0.5) is 0 Å². The Morgan fingerprint density at radius 3 is 2.56 bits per heavy atom. The fourth-order valence-electron chi connectivity index (χ4n) is 0.588. The highest BCUT2D eigenvalue weighted by atomic mass is 16.2. The lowest BCUT2D eigenvalue weighted by Gasteiger charge is -2.14. The monoisotopic (exact) mass is 125 g/mol. The molecule has 0 N–H and O–H groups in total. The van der Waals surface area contributed by atoms with E-state index in [1.165, 1.54) is 0 Å². The van der Waals surface area contributed by atoms with Crippen molar-refractivity contribution in [2.24, 2.45) is 0 Å². The van der Waals surface area contributed by atoms with Crippen molar-refractivity contribution < 1.29 is 4.79 Å². The lowest BCUT2D eigenvalue weighted by Crippen LogP contribution is -2.26. The number of rotatable bonds is 3. The average molecular weight is 125 g/mol. The van der Waals surface area contributed by atoms with E-state index in [1.54, 1.807) is 11.9 Å². The Bertz CT molecular complexity index is 95.1. The molecule has 3 heteroatoms. The summed E-state index contributed by atoms with van der Waals surface area (Å²) in [5.74, 6) is 0.153. The third-order valence-electron chi connectivity index (χ3n) is 1.19. The topological polar surface area (TPSA) is 20.3 Å². The van der Waals surface area contributed by atoms with Gasteiger partial charge in [0.05, 0.1) is 7.85 Å². The maximum absolute atomic E-state index is 10.8. The summed E-state index contributed by atoms with van der Waals surface area (Å²) in [6, 6.07) is 0. The molecule has 0 rings (SSSR count). The Kier molecular flexibility index (Phi) is 4.19. The molecule has 50 valence electrons. The summed E-state index contributed by atoms with van der Waals surface area (Å²) < 4.78 is 0. The van der Waals surface area contributed by atoms with Gasteiger partial charge in [0.25, 0.3) is 0 Å². The molecule has 0 atom stereocenters. The van der Waals surface area contributed by atoms with Gasteiger partial charge in [-0.15, -0.1) is 0 Å². The van der Waals surface area contributed by atoms with Crippen LogP contribution in [0.25, 0.3) is 0 Å². The zero-order valence-electron chi connectivity index (χ0n) is 6.05. The van der Waals surface area contributed by atoms with Crippen LogP contribution in [0.5, 0.6) is 0 Å². The van der Waals surface area contributed by atoms with E-state index in [4.69, 9.17) is 7.85 Å². The summed E-state index contributed by atoms with van der Waals surface area (Å²) >= 11 is 0. The first-order valence-corrected chi connectivity index (χ1v) is 3.16. The molecule has 0 aliphatic rings. The molecule has 0 aliphatic carbocycles. The van der Waals surface area contributed by atoms with Crippen molar-refractivity contribution in [3.8, 4) is 0 Å². The van der Waals surface area contributed by atoms with Gasteiger partial charge in [-0.1, -0.05) is 13.2 Å². The lowest BCUT2D eigenvalue weighted by molar-refractivity contribution is -0.129. The quantitative estimate of drug-likeness (QED) is 0.501. The van der Waals surface area contributed by atoms with Gasteiger partial charge >= 0.3 is 0 Å². The van der Waals surface area contributed by atoms with E-state index in [9.17, 15) is 4.79 Å². The van der Waals surface area contributed by atoms with Crippen molar-refractivity contribution in [2.45, 2.75) is 19.7 Å². The van der Waals surface area contributed by atoms with Crippen LogP contribution in [0.2, 0.25) is 6.32 Å². The first kappa shape index (κ1) is 8.53. The van der Waals surface area contributed by atoms with Gasteiger partial charge in [0, 0.05) is 20.0 Å². The fraction of sp³-hybridized carbons (Fsp3) is 0.833. The van der Waals surface area contributed by atoms with Crippen molar-refractivity contribution in [1.29, 1.82) is 0 Å². The van der Waals surface area contributed by atoms with E-state index >= 15 is 0 Å². The molecule has 0 aliphatic heterocycles. The van der Waals surface area contributed by atoms with Crippen LogP contribution in [-0.4, -0.2) is 32.2 Å². The molecule has 0 saturated carbocycles. The van der Waals surface area contributed by atoms with E-state index < -0.39 is 0 Å². The zero-order chi connectivity index (χ0) is 7.28. The SMILES string of the molecule is [B]CCN(C)C(=O)CC. The summed E-state index contributed by atoms with van der Waals surface area (Å²) in [5.41, 5.74) is 0. The largest absolute Gasteiger partial charge is 0.347 e. The zero-order valence-corrected chi connectivity index (χ0v) is 6.05. The minimum atomic E-state index is 0.153. The third-order valence-corrected chi connectivity index (χ3v) is 1.19. The molecule has 2 radical (unpaired) electrons. The molecular weight excluding hydrogens is 113 g/mol. The minimum Gasteiger partial charge on any atom is -0.347 e. The van der Waals surface area contributed by atoms with Crippen LogP contribution in [-0.2, 0) is 4.79 Å². The Hall–Kier alpha value is -0.465. The second kappa shape index (κ2) is 4.42. The number of carbonyl (C=O) groups excluding carboxylic acids is 1. The van der Waals surface area contributed by atoms with Gasteiger partial charge in [-0.05, 0) is 0 Å².